The van der Waals surface area contributed by atoms with E-state index < -0.39 is 26.8 Å². The number of ether oxygens (including phenoxy) is 1. The lowest BCUT2D eigenvalue weighted by atomic mass is 10.2. The number of nitrogens with one attached hydrogen (secondary N) is 1. The van der Waals surface area contributed by atoms with Gasteiger partial charge in [-0.05, 0) is 33.6 Å². The Labute approximate surface area is 103 Å². The summed E-state index contributed by atoms with van der Waals surface area (Å²) in [4.78, 5) is 11.4. The summed E-state index contributed by atoms with van der Waals surface area (Å²) in [7, 11) is -3.03. The van der Waals surface area contributed by atoms with E-state index in [-0.39, 0.29) is 12.3 Å². The smallest absolute Gasteiger partial charge is 0.407 e. The minimum atomic E-state index is -3.03. The largest absolute Gasteiger partial charge is 0.444 e. The molecule has 1 atom stereocenters. The Bertz CT molecular complexity index is 369. The van der Waals surface area contributed by atoms with Crippen LogP contribution in [0.2, 0.25) is 0 Å². The Balaban J connectivity index is 2.42. The van der Waals surface area contributed by atoms with Gasteiger partial charge in [-0.15, -0.1) is 0 Å². The van der Waals surface area contributed by atoms with Crippen LogP contribution in [0.25, 0.3) is 0 Å². The van der Waals surface area contributed by atoms with Crippen LogP contribution in [0.15, 0.2) is 0 Å². The van der Waals surface area contributed by atoms with Crippen molar-refractivity contribution in [2.24, 2.45) is 0 Å². The molecule has 1 rings (SSSR count). The second kappa shape index (κ2) is 5.25. The molecule has 1 N–H and O–H groups in total. The molecule has 0 spiro atoms. The predicted octanol–water partition coefficient (Wildman–Crippen LogP) is 1.48. The van der Waals surface area contributed by atoms with Crippen molar-refractivity contribution >= 4 is 15.9 Å². The molecule has 0 aromatic carbocycles. The van der Waals surface area contributed by atoms with Gasteiger partial charge in [0, 0.05) is 6.54 Å². The summed E-state index contributed by atoms with van der Waals surface area (Å²) in [6, 6.07) is 0. The standard InChI is InChI=1S/C11H21NO4S/c1-11(2,3)16-10(13)12-8-9-6-4-5-7-17(9,14)15/h9H,4-8H2,1-3H3,(H,12,13)/t9-/m0/s1. The Hall–Kier alpha value is -0.780. The number of sulfone groups is 1. The first-order chi connectivity index (χ1) is 7.71. The third kappa shape index (κ3) is 4.93. The zero-order valence-corrected chi connectivity index (χ0v) is 11.5. The number of amides is 1. The summed E-state index contributed by atoms with van der Waals surface area (Å²) in [5, 5.41) is 2.07. The molecule has 0 aromatic heterocycles. The van der Waals surface area contributed by atoms with Crippen molar-refractivity contribution in [1.82, 2.24) is 5.32 Å². The van der Waals surface area contributed by atoms with E-state index in [0.717, 1.165) is 12.8 Å². The zero-order valence-electron chi connectivity index (χ0n) is 10.7. The van der Waals surface area contributed by atoms with E-state index in [4.69, 9.17) is 4.74 Å². The predicted molar refractivity (Wildman–Crippen MR) is 65.7 cm³/mol. The van der Waals surface area contributed by atoms with Gasteiger partial charge in [-0.1, -0.05) is 6.42 Å². The number of rotatable bonds is 2. The summed E-state index contributed by atoms with van der Waals surface area (Å²) in [5.41, 5.74) is -0.560. The van der Waals surface area contributed by atoms with Gasteiger partial charge in [0.1, 0.15) is 5.60 Å². The summed E-state index contributed by atoms with van der Waals surface area (Å²) in [5.74, 6) is 0.230. The number of carbonyl (C=O) groups excluding carboxylic acids is 1. The number of alkyl carbamates (subject to hydrolysis) is 1. The van der Waals surface area contributed by atoms with E-state index in [1.807, 2.05) is 0 Å². The molecule has 6 heteroatoms. The van der Waals surface area contributed by atoms with Crippen LogP contribution in [0.4, 0.5) is 4.79 Å². The van der Waals surface area contributed by atoms with Gasteiger partial charge in [-0.25, -0.2) is 13.2 Å². The number of hydrogen-bond acceptors (Lipinski definition) is 4. The summed E-state index contributed by atoms with van der Waals surface area (Å²) in [6.45, 7) is 5.45. The third-order valence-corrected chi connectivity index (χ3v) is 4.86. The average Bonchev–Trinajstić information content (AvgIpc) is 2.12. The molecule has 1 heterocycles. The van der Waals surface area contributed by atoms with Crippen LogP contribution in [-0.2, 0) is 14.6 Å². The van der Waals surface area contributed by atoms with E-state index in [2.05, 4.69) is 5.32 Å². The lowest BCUT2D eigenvalue weighted by molar-refractivity contribution is 0.0527. The van der Waals surface area contributed by atoms with Crippen molar-refractivity contribution in [3.63, 3.8) is 0 Å². The van der Waals surface area contributed by atoms with Crippen LogP contribution in [0.1, 0.15) is 40.0 Å². The maximum Gasteiger partial charge on any atom is 0.407 e. The molecule has 17 heavy (non-hydrogen) atoms. The SMILES string of the molecule is CC(C)(C)OC(=O)NC[C@@H]1CCCCS1(=O)=O. The molecule has 100 valence electrons. The lowest BCUT2D eigenvalue weighted by Gasteiger charge is -2.24. The number of carbonyl (C=O) groups is 1. The summed E-state index contributed by atoms with van der Waals surface area (Å²) < 4.78 is 28.4. The summed E-state index contributed by atoms with van der Waals surface area (Å²) >= 11 is 0. The van der Waals surface area contributed by atoms with Crippen LogP contribution in [0.5, 0.6) is 0 Å². The Morgan fingerprint density at radius 2 is 2.00 bits per heavy atom. The quantitative estimate of drug-likeness (QED) is 0.819. The lowest BCUT2D eigenvalue weighted by Crippen LogP contribution is -2.41. The zero-order chi connectivity index (χ0) is 13.1. The van der Waals surface area contributed by atoms with E-state index in [9.17, 15) is 13.2 Å². The van der Waals surface area contributed by atoms with E-state index >= 15 is 0 Å². The highest BCUT2D eigenvalue weighted by atomic mass is 32.2. The van der Waals surface area contributed by atoms with Crippen molar-refractivity contribution in [3.05, 3.63) is 0 Å². The third-order valence-electron chi connectivity index (χ3n) is 2.59. The van der Waals surface area contributed by atoms with Gasteiger partial charge in [0.15, 0.2) is 9.84 Å². The highest BCUT2D eigenvalue weighted by molar-refractivity contribution is 7.92. The van der Waals surface area contributed by atoms with Crippen molar-refractivity contribution in [2.75, 3.05) is 12.3 Å². The molecule has 1 aliphatic heterocycles. The molecule has 1 aliphatic rings. The van der Waals surface area contributed by atoms with Gasteiger partial charge in [0.2, 0.25) is 0 Å². The van der Waals surface area contributed by atoms with E-state index in [1.54, 1.807) is 20.8 Å². The molecule has 0 saturated carbocycles. The first-order valence-corrected chi connectivity index (χ1v) is 7.61. The fourth-order valence-electron chi connectivity index (χ4n) is 1.76. The maximum atomic E-state index is 11.7. The highest BCUT2D eigenvalue weighted by Crippen LogP contribution is 2.18. The van der Waals surface area contributed by atoms with Crippen LogP contribution >= 0.6 is 0 Å². The van der Waals surface area contributed by atoms with Gasteiger partial charge in [0.25, 0.3) is 0 Å². The molecular formula is C11H21NO4S. The number of hydrogen-bond donors (Lipinski definition) is 1. The van der Waals surface area contributed by atoms with Gasteiger partial charge in [-0.2, -0.15) is 0 Å². The van der Waals surface area contributed by atoms with Gasteiger partial charge in [0.05, 0.1) is 11.0 Å². The minimum absolute atomic E-state index is 0.150. The monoisotopic (exact) mass is 263 g/mol. The topological polar surface area (TPSA) is 72.5 Å². The Morgan fingerprint density at radius 1 is 1.35 bits per heavy atom. The normalized spacial score (nSPS) is 24.1. The van der Waals surface area contributed by atoms with E-state index in [1.165, 1.54) is 0 Å². The first-order valence-electron chi connectivity index (χ1n) is 5.89. The van der Waals surface area contributed by atoms with Crippen LogP contribution < -0.4 is 5.32 Å². The molecule has 1 saturated heterocycles. The van der Waals surface area contributed by atoms with Crippen molar-refractivity contribution in [1.29, 1.82) is 0 Å². The Kier molecular flexibility index (Phi) is 4.41. The summed E-state index contributed by atoms with van der Waals surface area (Å²) in [6.07, 6.45) is 1.70. The van der Waals surface area contributed by atoms with Crippen molar-refractivity contribution in [2.45, 2.75) is 50.9 Å². The molecule has 0 radical (unpaired) electrons. The fourth-order valence-corrected chi connectivity index (χ4v) is 3.56. The van der Waals surface area contributed by atoms with Gasteiger partial charge < -0.3 is 10.1 Å². The van der Waals surface area contributed by atoms with Gasteiger partial charge in [-0.3, -0.25) is 0 Å². The molecule has 1 fully saturated rings. The molecular weight excluding hydrogens is 242 g/mol. The molecule has 0 bridgehead atoms. The van der Waals surface area contributed by atoms with Crippen LogP contribution in [-0.4, -0.2) is 37.7 Å². The maximum absolute atomic E-state index is 11.7. The van der Waals surface area contributed by atoms with E-state index in [0.29, 0.717) is 6.42 Å². The minimum Gasteiger partial charge on any atom is -0.444 e. The van der Waals surface area contributed by atoms with Crippen LogP contribution in [0, 0.1) is 0 Å². The van der Waals surface area contributed by atoms with Gasteiger partial charge >= 0.3 is 6.09 Å². The van der Waals surface area contributed by atoms with Crippen molar-refractivity contribution in [3.8, 4) is 0 Å². The fraction of sp³-hybridized carbons (Fsp3) is 0.909. The first kappa shape index (κ1) is 14.3. The molecule has 0 aliphatic carbocycles. The van der Waals surface area contributed by atoms with Crippen molar-refractivity contribution < 1.29 is 17.9 Å². The molecule has 5 nitrogen and oxygen atoms in total. The highest BCUT2D eigenvalue weighted by Gasteiger charge is 2.29. The Morgan fingerprint density at radius 3 is 2.53 bits per heavy atom. The average molecular weight is 263 g/mol. The second-order valence-electron chi connectivity index (χ2n) is 5.37. The van der Waals surface area contributed by atoms with Crippen LogP contribution in [0.3, 0.4) is 0 Å². The molecule has 0 aromatic rings. The second-order valence-corrected chi connectivity index (χ2v) is 7.77. The molecule has 0 unspecified atom stereocenters. The molecule has 1 amide bonds.